The molecule has 128 valence electrons. The molecule has 0 bridgehead atoms. The van der Waals surface area contributed by atoms with Gasteiger partial charge in [0.15, 0.2) is 5.69 Å². The van der Waals surface area contributed by atoms with Crippen LogP contribution in [0.4, 0.5) is 4.39 Å². The standard InChI is InChI=1S/C17H17FN6O/c1-12(18)17(10-19-11-17)7-15-20-16(22-25-15)14-9-24(23-21-14)8-13-5-3-2-4-6-13/h2-6,9,19H,1,7-8,10-11H2. The summed E-state index contributed by atoms with van der Waals surface area (Å²) >= 11 is 0. The minimum Gasteiger partial charge on any atom is -0.339 e. The molecule has 4 rings (SSSR count). The molecule has 1 N–H and O–H groups in total. The van der Waals surface area contributed by atoms with Crippen molar-refractivity contribution in [2.75, 3.05) is 13.1 Å². The van der Waals surface area contributed by atoms with Gasteiger partial charge in [-0.1, -0.05) is 47.3 Å². The van der Waals surface area contributed by atoms with E-state index in [1.54, 1.807) is 10.9 Å². The van der Waals surface area contributed by atoms with Gasteiger partial charge in [-0.3, -0.25) is 0 Å². The molecular formula is C17H17FN6O. The minimum atomic E-state index is -0.644. The molecule has 25 heavy (non-hydrogen) atoms. The first kappa shape index (κ1) is 15.6. The highest BCUT2D eigenvalue weighted by Crippen LogP contribution is 2.35. The maximum Gasteiger partial charge on any atom is 0.228 e. The zero-order valence-electron chi connectivity index (χ0n) is 13.5. The number of hydrogen-bond acceptors (Lipinski definition) is 6. The van der Waals surface area contributed by atoms with Crippen LogP contribution in [-0.4, -0.2) is 38.2 Å². The molecule has 0 saturated carbocycles. The highest BCUT2D eigenvalue weighted by Gasteiger charge is 2.42. The van der Waals surface area contributed by atoms with Crippen LogP contribution in [0.1, 0.15) is 11.5 Å². The van der Waals surface area contributed by atoms with Crippen LogP contribution < -0.4 is 5.32 Å². The summed E-state index contributed by atoms with van der Waals surface area (Å²) in [5.41, 5.74) is 0.994. The van der Waals surface area contributed by atoms with E-state index >= 15 is 0 Å². The summed E-state index contributed by atoms with van der Waals surface area (Å²) in [7, 11) is 0. The van der Waals surface area contributed by atoms with Crippen molar-refractivity contribution in [1.29, 1.82) is 0 Å². The van der Waals surface area contributed by atoms with Gasteiger partial charge in [0.05, 0.1) is 18.2 Å². The van der Waals surface area contributed by atoms with Crippen LogP contribution >= 0.6 is 0 Å². The molecule has 7 nitrogen and oxygen atoms in total. The molecule has 1 fully saturated rings. The molecule has 2 aromatic heterocycles. The van der Waals surface area contributed by atoms with Crippen molar-refractivity contribution in [3.8, 4) is 11.5 Å². The van der Waals surface area contributed by atoms with E-state index in [-0.39, 0.29) is 5.83 Å². The maximum atomic E-state index is 13.7. The summed E-state index contributed by atoms with van der Waals surface area (Å²) in [4.78, 5) is 4.32. The fourth-order valence-corrected chi connectivity index (χ4v) is 2.81. The van der Waals surface area contributed by atoms with E-state index in [4.69, 9.17) is 4.52 Å². The van der Waals surface area contributed by atoms with E-state index in [0.29, 0.717) is 43.5 Å². The molecule has 0 atom stereocenters. The number of aromatic nitrogens is 5. The lowest BCUT2D eigenvalue weighted by atomic mass is 9.78. The van der Waals surface area contributed by atoms with Gasteiger partial charge < -0.3 is 9.84 Å². The van der Waals surface area contributed by atoms with E-state index in [1.165, 1.54) is 0 Å². The Labute approximate surface area is 143 Å². The molecule has 1 aromatic carbocycles. The van der Waals surface area contributed by atoms with Crippen molar-refractivity contribution >= 4 is 0 Å². The van der Waals surface area contributed by atoms with Gasteiger partial charge in [0.1, 0.15) is 5.83 Å². The smallest absolute Gasteiger partial charge is 0.228 e. The number of rotatable bonds is 6. The normalized spacial score (nSPS) is 15.7. The summed E-state index contributed by atoms with van der Waals surface area (Å²) in [6, 6.07) is 9.95. The van der Waals surface area contributed by atoms with E-state index in [1.807, 2.05) is 30.3 Å². The third-order valence-corrected chi connectivity index (χ3v) is 4.42. The topological polar surface area (TPSA) is 81.7 Å². The van der Waals surface area contributed by atoms with E-state index in [2.05, 4.69) is 32.3 Å². The Bertz CT molecular complexity index is 883. The van der Waals surface area contributed by atoms with Gasteiger partial charge in [-0.05, 0) is 5.56 Å². The first-order chi connectivity index (χ1) is 12.1. The minimum absolute atomic E-state index is 0.320. The molecule has 1 saturated heterocycles. The first-order valence-electron chi connectivity index (χ1n) is 7.97. The van der Waals surface area contributed by atoms with Gasteiger partial charge >= 0.3 is 0 Å². The van der Waals surface area contributed by atoms with Crippen LogP contribution in [0.25, 0.3) is 11.5 Å². The molecule has 3 aromatic rings. The van der Waals surface area contributed by atoms with E-state index in [9.17, 15) is 4.39 Å². The van der Waals surface area contributed by atoms with Gasteiger partial charge in [-0.15, -0.1) is 5.10 Å². The van der Waals surface area contributed by atoms with Crippen LogP contribution in [0.15, 0.2) is 53.5 Å². The number of nitrogens with one attached hydrogen (secondary N) is 1. The molecule has 0 spiro atoms. The Morgan fingerprint density at radius 2 is 2.12 bits per heavy atom. The van der Waals surface area contributed by atoms with E-state index in [0.717, 1.165) is 5.56 Å². The average molecular weight is 340 g/mol. The Kier molecular flexibility index (Phi) is 3.89. The lowest BCUT2D eigenvalue weighted by molar-refractivity contribution is 0.162. The monoisotopic (exact) mass is 340 g/mol. The van der Waals surface area contributed by atoms with E-state index < -0.39 is 5.41 Å². The molecule has 0 radical (unpaired) electrons. The Hall–Kier alpha value is -2.87. The zero-order valence-corrected chi connectivity index (χ0v) is 13.5. The van der Waals surface area contributed by atoms with Crippen molar-refractivity contribution in [2.45, 2.75) is 13.0 Å². The summed E-state index contributed by atoms with van der Waals surface area (Å²) in [5.74, 6) is 0.355. The second-order valence-electron chi connectivity index (χ2n) is 6.26. The maximum absolute atomic E-state index is 13.7. The fraction of sp³-hybridized carbons (Fsp3) is 0.294. The summed E-state index contributed by atoms with van der Waals surface area (Å²) in [6.07, 6.45) is 2.08. The van der Waals surface area contributed by atoms with Crippen LogP contribution in [-0.2, 0) is 13.0 Å². The van der Waals surface area contributed by atoms with Gasteiger partial charge in [0.25, 0.3) is 0 Å². The largest absolute Gasteiger partial charge is 0.339 e. The Balaban J connectivity index is 1.48. The lowest BCUT2D eigenvalue weighted by Gasteiger charge is -2.40. The van der Waals surface area contributed by atoms with Gasteiger partial charge in [-0.2, -0.15) is 4.98 Å². The molecule has 8 heteroatoms. The predicted molar refractivity (Wildman–Crippen MR) is 88.1 cm³/mol. The lowest BCUT2D eigenvalue weighted by Crippen LogP contribution is -2.55. The highest BCUT2D eigenvalue weighted by atomic mass is 19.1. The molecule has 0 unspecified atom stereocenters. The average Bonchev–Trinajstić information content (AvgIpc) is 3.20. The summed E-state index contributed by atoms with van der Waals surface area (Å²) in [6.45, 7) is 5.08. The van der Waals surface area contributed by atoms with Crippen molar-refractivity contribution in [3.63, 3.8) is 0 Å². The Morgan fingerprint density at radius 1 is 1.32 bits per heavy atom. The van der Waals surface area contributed by atoms with Crippen molar-refractivity contribution < 1.29 is 8.91 Å². The number of benzene rings is 1. The SMILES string of the molecule is C=C(F)C1(Cc2nc(-c3cn(Cc4ccccc4)nn3)no2)CNC1. The van der Waals surface area contributed by atoms with Crippen molar-refractivity contribution in [2.24, 2.45) is 5.41 Å². The zero-order chi connectivity index (χ0) is 17.3. The molecule has 3 heterocycles. The van der Waals surface area contributed by atoms with Gasteiger partial charge in [-0.25, -0.2) is 9.07 Å². The molecule has 1 aliphatic rings. The number of nitrogens with zero attached hydrogens (tertiary/aromatic N) is 5. The van der Waals surface area contributed by atoms with Crippen molar-refractivity contribution in [1.82, 2.24) is 30.5 Å². The Morgan fingerprint density at radius 3 is 2.80 bits per heavy atom. The number of halogens is 1. The predicted octanol–water partition coefficient (Wildman–Crippen LogP) is 1.99. The summed E-state index contributed by atoms with van der Waals surface area (Å²) in [5, 5.41) is 15.2. The van der Waals surface area contributed by atoms with Crippen LogP contribution in [0.3, 0.4) is 0 Å². The van der Waals surface area contributed by atoms with Gasteiger partial charge in [0, 0.05) is 19.5 Å². The van der Waals surface area contributed by atoms with Gasteiger partial charge in [0.2, 0.25) is 11.7 Å². The molecular weight excluding hydrogens is 323 g/mol. The highest BCUT2D eigenvalue weighted by molar-refractivity contribution is 5.45. The molecule has 1 aliphatic heterocycles. The third kappa shape index (κ3) is 3.08. The first-order valence-corrected chi connectivity index (χ1v) is 7.97. The second-order valence-corrected chi connectivity index (χ2v) is 6.26. The fourth-order valence-electron chi connectivity index (χ4n) is 2.81. The van der Waals surface area contributed by atoms with Crippen molar-refractivity contribution in [3.05, 3.63) is 60.4 Å². The van der Waals surface area contributed by atoms with Crippen LogP contribution in [0.2, 0.25) is 0 Å². The molecule has 0 aliphatic carbocycles. The quantitative estimate of drug-likeness (QED) is 0.739. The van der Waals surface area contributed by atoms with Crippen LogP contribution in [0, 0.1) is 5.41 Å². The number of hydrogen-bond donors (Lipinski definition) is 1. The van der Waals surface area contributed by atoms with Crippen LogP contribution in [0.5, 0.6) is 0 Å². The molecule has 0 amide bonds. The summed E-state index contributed by atoms with van der Waals surface area (Å²) < 4.78 is 20.6. The second kappa shape index (κ2) is 6.21. The third-order valence-electron chi connectivity index (χ3n) is 4.42.